The summed E-state index contributed by atoms with van der Waals surface area (Å²) in [6, 6.07) is 11.1. The number of aryl methyl sites for hydroxylation is 1. The maximum Gasteiger partial charge on any atom is 0.226 e. The lowest BCUT2D eigenvalue weighted by Crippen LogP contribution is -2.26. The molecule has 1 aromatic heterocycles. The van der Waals surface area contributed by atoms with Gasteiger partial charge in [-0.2, -0.15) is 5.10 Å². The molecule has 0 aliphatic rings. The van der Waals surface area contributed by atoms with E-state index in [-0.39, 0.29) is 12.3 Å². The van der Waals surface area contributed by atoms with E-state index in [4.69, 9.17) is 21.2 Å². The monoisotopic (exact) mass is 419 g/mol. The van der Waals surface area contributed by atoms with E-state index >= 15 is 0 Å². The van der Waals surface area contributed by atoms with Gasteiger partial charge in [0.05, 0.1) is 23.3 Å². The molecule has 1 amide bonds. The topological polar surface area (TPSA) is 136 Å². The van der Waals surface area contributed by atoms with Gasteiger partial charge in [0.1, 0.15) is 12.4 Å². The van der Waals surface area contributed by atoms with Gasteiger partial charge in [-0.3, -0.25) is 19.7 Å². The summed E-state index contributed by atoms with van der Waals surface area (Å²) in [6.07, 6.45) is 2.40. The average molecular weight is 419 g/mol. The zero-order valence-electron chi connectivity index (χ0n) is 17.7. The van der Waals surface area contributed by atoms with Crippen molar-refractivity contribution in [1.82, 2.24) is 10.2 Å². The van der Waals surface area contributed by atoms with E-state index in [2.05, 4.69) is 10.2 Å². The molecule has 0 saturated heterocycles. The SMILES string of the molecule is CC(=N/C(=C(/N)C(C)C(N)=O)c1c(C)ccc2[nH]ncc12)c1cccc(OCC=O)c1. The van der Waals surface area contributed by atoms with Crippen molar-refractivity contribution in [3.8, 4) is 5.75 Å². The number of hydrogen-bond acceptors (Lipinski definition) is 6. The van der Waals surface area contributed by atoms with Crippen molar-refractivity contribution in [2.24, 2.45) is 22.4 Å². The van der Waals surface area contributed by atoms with E-state index in [1.807, 2.05) is 38.1 Å². The van der Waals surface area contributed by atoms with Gasteiger partial charge in [0.15, 0.2) is 6.29 Å². The molecule has 1 atom stereocenters. The maximum absolute atomic E-state index is 11.9. The molecule has 31 heavy (non-hydrogen) atoms. The number of aldehydes is 1. The Morgan fingerprint density at radius 2 is 2.06 bits per heavy atom. The fourth-order valence-electron chi connectivity index (χ4n) is 3.24. The molecular weight excluding hydrogens is 394 g/mol. The Morgan fingerprint density at radius 3 is 2.77 bits per heavy atom. The highest BCUT2D eigenvalue weighted by molar-refractivity contribution is 6.04. The lowest BCUT2D eigenvalue weighted by atomic mass is 9.96. The number of rotatable bonds is 8. The number of nitrogens with zero attached hydrogens (tertiary/aromatic N) is 2. The molecule has 1 heterocycles. The number of ether oxygens (including phenoxy) is 1. The molecule has 0 aliphatic heterocycles. The smallest absolute Gasteiger partial charge is 0.226 e. The number of aliphatic imine (C=N–C) groups is 1. The van der Waals surface area contributed by atoms with Crippen LogP contribution in [0.2, 0.25) is 0 Å². The van der Waals surface area contributed by atoms with E-state index in [1.54, 1.807) is 25.3 Å². The van der Waals surface area contributed by atoms with Gasteiger partial charge in [-0.25, -0.2) is 0 Å². The second kappa shape index (κ2) is 9.25. The Kier molecular flexibility index (Phi) is 6.49. The second-order valence-corrected chi connectivity index (χ2v) is 7.22. The van der Waals surface area contributed by atoms with Gasteiger partial charge in [0.2, 0.25) is 5.91 Å². The van der Waals surface area contributed by atoms with Crippen LogP contribution in [0.15, 0.2) is 53.3 Å². The number of aromatic amines is 1. The van der Waals surface area contributed by atoms with Gasteiger partial charge in [-0.15, -0.1) is 0 Å². The Hall–Kier alpha value is -3.94. The van der Waals surface area contributed by atoms with Crippen LogP contribution in [0.3, 0.4) is 0 Å². The predicted octanol–water partition coefficient (Wildman–Crippen LogP) is 2.71. The van der Waals surface area contributed by atoms with Crippen molar-refractivity contribution < 1.29 is 14.3 Å². The summed E-state index contributed by atoms with van der Waals surface area (Å²) >= 11 is 0. The third kappa shape index (κ3) is 4.63. The number of hydrogen-bond donors (Lipinski definition) is 3. The van der Waals surface area contributed by atoms with Crippen LogP contribution in [0.4, 0.5) is 0 Å². The van der Waals surface area contributed by atoms with Crippen LogP contribution in [0.5, 0.6) is 5.75 Å². The fourth-order valence-corrected chi connectivity index (χ4v) is 3.24. The lowest BCUT2D eigenvalue weighted by Gasteiger charge is -2.16. The molecule has 0 radical (unpaired) electrons. The quantitative estimate of drug-likeness (QED) is 0.381. The third-order valence-corrected chi connectivity index (χ3v) is 5.09. The van der Waals surface area contributed by atoms with Crippen LogP contribution < -0.4 is 16.2 Å². The van der Waals surface area contributed by atoms with E-state index < -0.39 is 11.8 Å². The number of benzene rings is 2. The number of H-pyrrole nitrogens is 1. The van der Waals surface area contributed by atoms with Gasteiger partial charge >= 0.3 is 0 Å². The molecular formula is C23H25N5O3. The molecule has 0 saturated carbocycles. The Labute approximate surface area is 180 Å². The summed E-state index contributed by atoms with van der Waals surface area (Å²) in [4.78, 5) is 27.3. The highest BCUT2D eigenvalue weighted by atomic mass is 16.5. The van der Waals surface area contributed by atoms with Crippen LogP contribution in [0.1, 0.15) is 30.5 Å². The molecule has 3 aromatic rings. The molecule has 160 valence electrons. The van der Waals surface area contributed by atoms with Gasteiger partial charge in [-0.05, 0) is 50.1 Å². The van der Waals surface area contributed by atoms with Crippen molar-refractivity contribution in [2.75, 3.05) is 6.61 Å². The van der Waals surface area contributed by atoms with Crippen LogP contribution in [0, 0.1) is 12.8 Å². The lowest BCUT2D eigenvalue weighted by molar-refractivity contribution is -0.120. The van der Waals surface area contributed by atoms with Crippen molar-refractivity contribution in [1.29, 1.82) is 0 Å². The summed E-state index contributed by atoms with van der Waals surface area (Å²) in [5, 5.41) is 7.92. The van der Waals surface area contributed by atoms with Crippen molar-refractivity contribution in [3.05, 3.63) is 65.0 Å². The summed E-state index contributed by atoms with van der Waals surface area (Å²) in [5.74, 6) is -0.698. The molecule has 0 aliphatic carbocycles. The minimum atomic E-state index is -0.713. The summed E-state index contributed by atoms with van der Waals surface area (Å²) in [7, 11) is 0. The Morgan fingerprint density at radius 1 is 1.29 bits per heavy atom. The van der Waals surface area contributed by atoms with Gasteiger partial charge in [0, 0.05) is 22.4 Å². The van der Waals surface area contributed by atoms with Gasteiger partial charge in [-0.1, -0.05) is 18.2 Å². The van der Waals surface area contributed by atoms with Crippen LogP contribution >= 0.6 is 0 Å². The van der Waals surface area contributed by atoms with Crippen molar-refractivity contribution >= 4 is 34.5 Å². The van der Waals surface area contributed by atoms with Crippen LogP contribution in [-0.4, -0.2) is 34.7 Å². The first-order valence-electron chi connectivity index (χ1n) is 9.77. The van der Waals surface area contributed by atoms with E-state index in [1.165, 1.54) is 0 Å². The standard InChI is InChI=1S/C23H25N5O3/c1-13-7-8-19-18(12-26-28-19)20(13)22(21(24)14(2)23(25)30)27-15(3)16-5-4-6-17(11-16)31-10-9-29/h4-9,11-12,14H,10,24H2,1-3H3,(H2,25,30)(H,26,28)/b22-21+,27-15?. The number of carbonyl (C=O) groups is 2. The zero-order valence-corrected chi connectivity index (χ0v) is 17.7. The number of nitrogens with one attached hydrogen (secondary N) is 1. The minimum Gasteiger partial charge on any atom is -0.486 e. The minimum absolute atomic E-state index is 0.0322. The first-order valence-corrected chi connectivity index (χ1v) is 9.77. The average Bonchev–Trinajstić information content (AvgIpc) is 3.24. The normalized spacial score (nSPS) is 13.6. The van der Waals surface area contributed by atoms with Crippen molar-refractivity contribution in [3.63, 3.8) is 0 Å². The van der Waals surface area contributed by atoms with E-state index in [0.29, 0.717) is 23.4 Å². The largest absolute Gasteiger partial charge is 0.486 e. The first kappa shape index (κ1) is 21.8. The molecule has 0 bridgehead atoms. The molecule has 1 unspecified atom stereocenters. The van der Waals surface area contributed by atoms with Gasteiger partial charge < -0.3 is 16.2 Å². The van der Waals surface area contributed by atoms with Crippen molar-refractivity contribution in [2.45, 2.75) is 20.8 Å². The maximum atomic E-state index is 11.9. The predicted molar refractivity (Wildman–Crippen MR) is 121 cm³/mol. The molecule has 3 rings (SSSR count). The van der Waals surface area contributed by atoms with E-state index in [9.17, 15) is 9.59 Å². The summed E-state index contributed by atoms with van der Waals surface area (Å²) < 4.78 is 5.39. The first-order chi connectivity index (χ1) is 14.8. The number of fused-ring (bicyclic) bond motifs is 1. The number of primary amides is 1. The summed E-state index contributed by atoms with van der Waals surface area (Å²) in [6.45, 7) is 5.41. The van der Waals surface area contributed by atoms with Crippen LogP contribution in [0.25, 0.3) is 16.6 Å². The second-order valence-electron chi connectivity index (χ2n) is 7.22. The summed E-state index contributed by atoms with van der Waals surface area (Å²) in [5.41, 5.74) is 16.7. The number of aromatic nitrogens is 2. The molecule has 2 aromatic carbocycles. The Balaban J connectivity index is 2.19. The molecule has 0 fully saturated rings. The fraction of sp³-hybridized carbons (Fsp3) is 0.217. The molecule has 5 N–H and O–H groups in total. The highest BCUT2D eigenvalue weighted by Gasteiger charge is 2.21. The van der Waals surface area contributed by atoms with Crippen LogP contribution in [-0.2, 0) is 9.59 Å². The molecule has 8 heteroatoms. The Bertz CT molecular complexity index is 1190. The van der Waals surface area contributed by atoms with E-state index in [0.717, 1.165) is 27.6 Å². The molecule has 8 nitrogen and oxygen atoms in total. The van der Waals surface area contributed by atoms with Gasteiger partial charge in [0.25, 0.3) is 0 Å². The third-order valence-electron chi connectivity index (χ3n) is 5.09. The number of carbonyl (C=O) groups excluding carboxylic acids is 2. The zero-order chi connectivity index (χ0) is 22.5. The molecule has 0 spiro atoms. The number of amides is 1. The number of nitrogens with two attached hydrogens (primary N) is 2. The highest BCUT2D eigenvalue weighted by Crippen LogP contribution is 2.32.